The Morgan fingerprint density at radius 1 is 1.35 bits per heavy atom. The Bertz CT molecular complexity index is 254. The van der Waals surface area contributed by atoms with Crippen molar-refractivity contribution in [3.05, 3.63) is 12.2 Å². The lowest BCUT2D eigenvalue weighted by Gasteiger charge is -2.46. The van der Waals surface area contributed by atoms with Gasteiger partial charge < -0.3 is 5.32 Å². The average molecular weight is 236 g/mol. The van der Waals surface area contributed by atoms with Crippen molar-refractivity contribution in [1.29, 1.82) is 0 Å². The Kier molecular flexibility index (Phi) is 4.63. The van der Waals surface area contributed by atoms with Crippen LogP contribution in [0.3, 0.4) is 0 Å². The maximum atomic E-state index is 3.86. The Balaban J connectivity index is 1.93. The van der Waals surface area contributed by atoms with Gasteiger partial charge in [-0.05, 0) is 32.6 Å². The van der Waals surface area contributed by atoms with Crippen molar-refractivity contribution in [3.8, 4) is 0 Å². The molecule has 2 heteroatoms. The zero-order valence-electron chi connectivity index (χ0n) is 11.5. The number of nitrogens with one attached hydrogen (secondary N) is 1. The van der Waals surface area contributed by atoms with Crippen molar-refractivity contribution in [2.24, 2.45) is 0 Å². The molecule has 1 N–H and O–H groups in total. The second kappa shape index (κ2) is 6.01. The molecule has 2 rings (SSSR count). The molecule has 1 heterocycles. The molecule has 0 bridgehead atoms. The summed E-state index contributed by atoms with van der Waals surface area (Å²) in [6, 6.07) is 0.756. The third kappa shape index (κ3) is 3.11. The maximum absolute atomic E-state index is 3.86. The van der Waals surface area contributed by atoms with E-state index in [0.717, 1.165) is 6.04 Å². The first-order valence-corrected chi connectivity index (χ1v) is 7.40. The predicted octanol–water partition coefficient (Wildman–Crippen LogP) is 2.95. The van der Waals surface area contributed by atoms with Crippen LogP contribution in [0.4, 0.5) is 0 Å². The quantitative estimate of drug-likeness (QED) is 0.755. The van der Waals surface area contributed by atoms with E-state index in [0.29, 0.717) is 5.54 Å². The molecule has 0 amide bonds. The Morgan fingerprint density at radius 3 is 2.76 bits per heavy atom. The van der Waals surface area contributed by atoms with Gasteiger partial charge in [-0.2, -0.15) is 0 Å². The van der Waals surface area contributed by atoms with E-state index in [-0.39, 0.29) is 0 Å². The number of allylic oxidation sites excluding steroid dienone is 1. The van der Waals surface area contributed by atoms with E-state index in [1.54, 1.807) is 0 Å². The summed E-state index contributed by atoms with van der Waals surface area (Å²) in [5.41, 5.74) is 0.474. The molecule has 1 atom stereocenters. The van der Waals surface area contributed by atoms with Gasteiger partial charge in [-0.1, -0.05) is 31.9 Å². The second-order valence-electron chi connectivity index (χ2n) is 5.76. The summed E-state index contributed by atoms with van der Waals surface area (Å²) in [6.07, 6.45) is 12.6. The van der Waals surface area contributed by atoms with Gasteiger partial charge in [-0.15, -0.1) is 0 Å². The zero-order chi connectivity index (χ0) is 12.1. The number of piperazine rings is 1. The summed E-state index contributed by atoms with van der Waals surface area (Å²) in [6.45, 7) is 8.16. The van der Waals surface area contributed by atoms with Crippen molar-refractivity contribution < 1.29 is 0 Å². The SMILES string of the molecule is C/C=C/CCN1CC2(CCCC2)NCC1CC. The normalized spacial score (nSPS) is 29.4. The van der Waals surface area contributed by atoms with E-state index >= 15 is 0 Å². The number of rotatable bonds is 4. The van der Waals surface area contributed by atoms with Gasteiger partial charge in [0.2, 0.25) is 0 Å². The highest BCUT2D eigenvalue weighted by Crippen LogP contribution is 2.33. The monoisotopic (exact) mass is 236 g/mol. The Labute approximate surface area is 106 Å². The minimum absolute atomic E-state index is 0.474. The van der Waals surface area contributed by atoms with E-state index in [9.17, 15) is 0 Å². The van der Waals surface area contributed by atoms with Gasteiger partial charge in [0.25, 0.3) is 0 Å². The van der Waals surface area contributed by atoms with Crippen molar-refractivity contribution in [2.45, 2.75) is 64.0 Å². The van der Waals surface area contributed by atoms with E-state index in [2.05, 4.69) is 36.2 Å². The fourth-order valence-corrected chi connectivity index (χ4v) is 3.50. The highest BCUT2D eigenvalue weighted by molar-refractivity contribution is 5.01. The first kappa shape index (κ1) is 13.1. The molecule has 0 radical (unpaired) electrons. The fraction of sp³-hybridized carbons (Fsp3) is 0.867. The molecule has 2 nitrogen and oxygen atoms in total. The van der Waals surface area contributed by atoms with Crippen LogP contribution >= 0.6 is 0 Å². The van der Waals surface area contributed by atoms with Crippen molar-refractivity contribution in [3.63, 3.8) is 0 Å². The van der Waals surface area contributed by atoms with Crippen LogP contribution < -0.4 is 5.32 Å². The lowest BCUT2D eigenvalue weighted by Crippen LogP contribution is -2.63. The molecule has 0 aromatic carbocycles. The van der Waals surface area contributed by atoms with Crippen molar-refractivity contribution in [2.75, 3.05) is 19.6 Å². The van der Waals surface area contributed by atoms with Gasteiger partial charge in [0.1, 0.15) is 0 Å². The molecular formula is C15H28N2. The first-order valence-electron chi connectivity index (χ1n) is 7.40. The van der Waals surface area contributed by atoms with Crippen LogP contribution in [0.2, 0.25) is 0 Å². The number of nitrogens with zero attached hydrogens (tertiary/aromatic N) is 1. The third-order valence-electron chi connectivity index (χ3n) is 4.59. The van der Waals surface area contributed by atoms with E-state index in [1.165, 1.54) is 58.2 Å². The van der Waals surface area contributed by atoms with Crippen LogP contribution in [0.25, 0.3) is 0 Å². The summed E-state index contributed by atoms with van der Waals surface area (Å²) in [4.78, 5) is 2.74. The van der Waals surface area contributed by atoms with E-state index in [1.807, 2.05) is 0 Å². The molecule has 0 aromatic rings. The van der Waals surface area contributed by atoms with Crippen LogP contribution in [0.15, 0.2) is 12.2 Å². The summed E-state index contributed by atoms with van der Waals surface area (Å²) in [5.74, 6) is 0. The maximum Gasteiger partial charge on any atom is 0.0309 e. The van der Waals surface area contributed by atoms with Gasteiger partial charge in [0.05, 0.1) is 0 Å². The molecule has 2 aliphatic rings. The van der Waals surface area contributed by atoms with Crippen LogP contribution in [-0.4, -0.2) is 36.1 Å². The number of hydrogen-bond acceptors (Lipinski definition) is 2. The summed E-state index contributed by atoms with van der Waals surface area (Å²) >= 11 is 0. The van der Waals surface area contributed by atoms with Gasteiger partial charge in [-0.25, -0.2) is 0 Å². The Hall–Kier alpha value is -0.340. The molecule has 17 heavy (non-hydrogen) atoms. The lowest BCUT2D eigenvalue weighted by molar-refractivity contribution is 0.0800. The van der Waals surface area contributed by atoms with Crippen molar-refractivity contribution >= 4 is 0 Å². The van der Waals surface area contributed by atoms with Gasteiger partial charge >= 0.3 is 0 Å². The van der Waals surface area contributed by atoms with E-state index < -0.39 is 0 Å². The molecule has 1 unspecified atom stereocenters. The first-order chi connectivity index (χ1) is 8.29. The molecular weight excluding hydrogens is 208 g/mol. The molecule has 0 aromatic heterocycles. The minimum Gasteiger partial charge on any atom is -0.308 e. The van der Waals surface area contributed by atoms with E-state index in [4.69, 9.17) is 0 Å². The molecule has 1 aliphatic carbocycles. The average Bonchev–Trinajstić information content (AvgIpc) is 2.78. The van der Waals surface area contributed by atoms with Crippen molar-refractivity contribution in [1.82, 2.24) is 10.2 Å². The molecule has 1 saturated carbocycles. The molecule has 2 fully saturated rings. The minimum atomic E-state index is 0.474. The molecule has 98 valence electrons. The van der Waals surface area contributed by atoms with Gasteiger partial charge in [0, 0.05) is 31.2 Å². The predicted molar refractivity (Wildman–Crippen MR) is 74.3 cm³/mol. The molecule has 1 spiro atoms. The zero-order valence-corrected chi connectivity index (χ0v) is 11.5. The van der Waals surface area contributed by atoms with Crippen LogP contribution in [0, 0.1) is 0 Å². The van der Waals surface area contributed by atoms with Crippen LogP contribution in [0.1, 0.15) is 52.4 Å². The molecule has 1 saturated heterocycles. The van der Waals surface area contributed by atoms with Gasteiger partial charge in [0.15, 0.2) is 0 Å². The largest absolute Gasteiger partial charge is 0.308 e. The lowest BCUT2D eigenvalue weighted by atomic mass is 9.91. The van der Waals surface area contributed by atoms with Crippen LogP contribution in [-0.2, 0) is 0 Å². The summed E-state index contributed by atoms with van der Waals surface area (Å²) < 4.78 is 0. The highest BCUT2D eigenvalue weighted by Gasteiger charge is 2.40. The standard InChI is InChI=1S/C15H28N2/c1-3-5-8-11-17-13-15(9-6-7-10-15)16-12-14(17)4-2/h3,5,14,16H,4,6-13H2,1-2H3/b5-3+. The third-order valence-corrected chi connectivity index (χ3v) is 4.59. The summed E-state index contributed by atoms with van der Waals surface area (Å²) in [5, 5.41) is 3.86. The van der Waals surface area contributed by atoms with Crippen LogP contribution in [0.5, 0.6) is 0 Å². The second-order valence-corrected chi connectivity index (χ2v) is 5.76. The Morgan fingerprint density at radius 2 is 2.12 bits per heavy atom. The molecule has 1 aliphatic heterocycles. The van der Waals surface area contributed by atoms with Gasteiger partial charge in [-0.3, -0.25) is 4.90 Å². The fourth-order valence-electron chi connectivity index (χ4n) is 3.50. The summed E-state index contributed by atoms with van der Waals surface area (Å²) in [7, 11) is 0. The smallest absolute Gasteiger partial charge is 0.0309 e. The number of hydrogen-bond donors (Lipinski definition) is 1. The topological polar surface area (TPSA) is 15.3 Å². The highest BCUT2D eigenvalue weighted by atomic mass is 15.3.